The maximum absolute atomic E-state index is 10.4. The standard InChI is InChI=1S/2C37H20N2OS/c38-21-23-8-7-13-31(35(23)22-16-19-33-29(20-22)25-10-2-5-14-32(25)40-33)39-30-12-4-1-9-24(30)27-17-18-28-26-11-3-6-15-34(26)41-37(28)36(27)39;38-21-22-13-17-32(29(19-22)23-14-18-34-30(20-23)25-8-2-5-11-33(25)40-34)39-31-10-4-1-7-24(31)27-15-16-28-26-9-3-6-12-35(26)41-37(28)36(27)39/h2*1-20H. The summed E-state index contributed by atoms with van der Waals surface area (Å²) in [6, 6.07) is 89.4. The first kappa shape index (κ1) is 46.2. The monoisotopic (exact) mass is 1080 g/mol. The van der Waals surface area contributed by atoms with Gasteiger partial charge in [0, 0.05) is 85.2 Å². The van der Waals surface area contributed by atoms with Crippen LogP contribution in [-0.4, -0.2) is 9.13 Å². The van der Waals surface area contributed by atoms with Gasteiger partial charge in [-0.3, -0.25) is 0 Å². The largest absolute Gasteiger partial charge is 0.456 e. The highest BCUT2D eigenvalue weighted by Gasteiger charge is 2.24. The van der Waals surface area contributed by atoms with Gasteiger partial charge in [0.25, 0.3) is 0 Å². The van der Waals surface area contributed by atoms with Gasteiger partial charge < -0.3 is 18.0 Å². The molecular formula is C74H40N4O2S2. The predicted octanol–water partition coefficient (Wildman–Crippen LogP) is 21.2. The van der Waals surface area contributed by atoms with Crippen LogP contribution in [0.15, 0.2) is 251 Å². The minimum Gasteiger partial charge on any atom is -0.456 e. The number of aromatic nitrogens is 2. The van der Waals surface area contributed by atoms with Crippen molar-refractivity contribution < 1.29 is 8.83 Å². The average Bonchev–Trinajstić information content (AvgIpc) is 4.41. The highest BCUT2D eigenvalue weighted by atomic mass is 32.1. The third-order valence-corrected chi connectivity index (χ3v) is 18.9. The van der Waals surface area contributed by atoms with Gasteiger partial charge in [-0.25, -0.2) is 0 Å². The molecule has 6 heterocycles. The first-order chi connectivity index (χ1) is 40.6. The minimum absolute atomic E-state index is 0.633. The van der Waals surface area contributed by atoms with Gasteiger partial charge in [-0.05, 0) is 102 Å². The van der Waals surface area contributed by atoms with Gasteiger partial charge in [-0.2, -0.15) is 10.5 Å². The van der Waals surface area contributed by atoms with E-state index < -0.39 is 0 Å². The van der Waals surface area contributed by atoms with Crippen molar-refractivity contribution in [2.75, 3.05) is 0 Å². The summed E-state index contributed by atoms with van der Waals surface area (Å²) in [6.45, 7) is 0. The van der Waals surface area contributed by atoms with Crippen LogP contribution in [0.25, 0.3) is 161 Å². The molecule has 18 aromatic rings. The number of hydrogen-bond acceptors (Lipinski definition) is 6. The Kier molecular flexibility index (Phi) is 10.1. The Morgan fingerprint density at radius 3 is 1.38 bits per heavy atom. The number of rotatable bonds is 4. The van der Waals surface area contributed by atoms with E-state index in [1.54, 1.807) is 0 Å². The molecule has 0 saturated heterocycles. The number of nitriles is 2. The van der Waals surface area contributed by atoms with Gasteiger partial charge in [-0.15, -0.1) is 22.7 Å². The third-order valence-electron chi connectivity index (χ3n) is 16.5. The smallest absolute Gasteiger partial charge is 0.135 e. The topological polar surface area (TPSA) is 83.7 Å². The van der Waals surface area contributed by atoms with Crippen LogP contribution in [0, 0.1) is 22.7 Å². The summed E-state index contributed by atoms with van der Waals surface area (Å²) in [5.74, 6) is 0. The number of para-hydroxylation sites is 4. The lowest BCUT2D eigenvalue weighted by molar-refractivity contribution is 0.668. The second kappa shape index (κ2) is 17.9. The zero-order valence-corrected chi connectivity index (χ0v) is 45.1. The van der Waals surface area contributed by atoms with Crippen molar-refractivity contribution in [2.45, 2.75) is 0 Å². The highest BCUT2D eigenvalue weighted by Crippen LogP contribution is 2.47. The number of fused-ring (bicyclic) bond motifs is 20. The molecule has 18 rings (SSSR count). The maximum Gasteiger partial charge on any atom is 0.135 e. The van der Waals surface area contributed by atoms with Crippen LogP contribution in [0.5, 0.6) is 0 Å². The lowest BCUT2D eigenvalue weighted by Crippen LogP contribution is -1.99. The van der Waals surface area contributed by atoms with Gasteiger partial charge in [0.05, 0.1) is 66.1 Å². The van der Waals surface area contributed by atoms with E-state index in [1.807, 2.05) is 95.5 Å². The fraction of sp³-hybridized carbons (Fsp3) is 0. The van der Waals surface area contributed by atoms with Crippen molar-refractivity contribution in [3.05, 3.63) is 254 Å². The molecule has 12 aromatic carbocycles. The van der Waals surface area contributed by atoms with E-state index in [9.17, 15) is 10.5 Å². The molecule has 380 valence electrons. The predicted molar refractivity (Wildman–Crippen MR) is 342 cm³/mol. The molecule has 82 heavy (non-hydrogen) atoms. The van der Waals surface area contributed by atoms with Crippen LogP contribution in [0.3, 0.4) is 0 Å². The Balaban J connectivity index is 0.000000130. The first-order valence-electron chi connectivity index (χ1n) is 27.2. The summed E-state index contributed by atoms with van der Waals surface area (Å²) in [4.78, 5) is 0. The van der Waals surface area contributed by atoms with E-state index in [0.29, 0.717) is 11.1 Å². The molecule has 0 spiro atoms. The number of thiophene rings is 2. The number of furan rings is 2. The van der Waals surface area contributed by atoms with Crippen LogP contribution in [-0.2, 0) is 0 Å². The average molecular weight is 1080 g/mol. The fourth-order valence-electron chi connectivity index (χ4n) is 12.9. The van der Waals surface area contributed by atoms with E-state index in [-0.39, 0.29) is 0 Å². The van der Waals surface area contributed by atoms with E-state index >= 15 is 0 Å². The van der Waals surface area contributed by atoms with Crippen molar-refractivity contribution in [3.8, 4) is 45.8 Å². The fourth-order valence-corrected chi connectivity index (χ4v) is 15.4. The molecule has 0 aliphatic rings. The Hall–Kier alpha value is -10.7. The molecule has 0 saturated carbocycles. The SMILES string of the molecule is N#Cc1ccc(-n2c3ccccc3c3ccc4c5ccccc5sc4c32)c(-c2ccc3oc4ccccc4c3c2)c1.N#Cc1cccc(-n2c3ccccc3c3ccc4c5ccccc5sc4c32)c1-c1ccc2oc3ccccc3c2c1. The Morgan fingerprint density at radius 2 is 0.805 bits per heavy atom. The summed E-state index contributed by atoms with van der Waals surface area (Å²) in [5.41, 5.74) is 15.4. The normalized spacial score (nSPS) is 11.9. The molecule has 0 N–H and O–H groups in total. The van der Waals surface area contributed by atoms with Gasteiger partial charge in [0.15, 0.2) is 0 Å². The molecule has 0 atom stereocenters. The van der Waals surface area contributed by atoms with E-state index in [1.165, 1.54) is 72.9 Å². The van der Waals surface area contributed by atoms with Crippen molar-refractivity contribution in [3.63, 3.8) is 0 Å². The highest BCUT2D eigenvalue weighted by molar-refractivity contribution is 7.27. The number of benzene rings is 12. The number of hydrogen-bond donors (Lipinski definition) is 0. The van der Waals surface area contributed by atoms with Crippen molar-refractivity contribution in [1.82, 2.24) is 9.13 Å². The summed E-state index contributed by atoms with van der Waals surface area (Å²) in [7, 11) is 0. The first-order valence-corrected chi connectivity index (χ1v) is 28.8. The van der Waals surface area contributed by atoms with Crippen LogP contribution < -0.4 is 0 Å². The molecule has 0 amide bonds. The summed E-state index contributed by atoms with van der Waals surface area (Å²) in [6.07, 6.45) is 0. The Bertz CT molecular complexity index is 5830. The lowest BCUT2D eigenvalue weighted by atomic mass is 9.96. The minimum atomic E-state index is 0.633. The summed E-state index contributed by atoms with van der Waals surface area (Å²) in [5, 5.41) is 34.5. The lowest BCUT2D eigenvalue weighted by Gasteiger charge is -2.16. The van der Waals surface area contributed by atoms with Gasteiger partial charge in [0.2, 0.25) is 0 Å². The molecule has 0 fully saturated rings. The molecule has 0 radical (unpaired) electrons. The Labute approximate surface area is 475 Å². The molecular weight excluding hydrogens is 1040 g/mol. The molecule has 0 aliphatic heterocycles. The zero-order chi connectivity index (χ0) is 54.2. The molecule has 0 aliphatic carbocycles. The van der Waals surface area contributed by atoms with Crippen LogP contribution in [0.1, 0.15) is 11.1 Å². The van der Waals surface area contributed by atoms with E-state index in [0.717, 1.165) is 88.5 Å². The molecule has 6 nitrogen and oxygen atoms in total. The van der Waals surface area contributed by atoms with Gasteiger partial charge in [-0.1, -0.05) is 152 Å². The van der Waals surface area contributed by atoms with Gasteiger partial charge in [0.1, 0.15) is 22.3 Å². The van der Waals surface area contributed by atoms with Gasteiger partial charge >= 0.3 is 0 Å². The molecule has 6 aromatic heterocycles. The summed E-state index contributed by atoms with van der Waals surface area (Å²) >= 11 is 3.68. The molecule has 8 heteroatoms. The zero-order valence-electron chi connectivity index (χ0n) is 43.5. The molecule has 0 unspecified atom stereocenters. The molecule has 0 bridgehead atoms. The van der Waals surface area contributed by atoms with E-state index in [4.69, 9.17) is 8.83 Å². The van der Waals surface area contributed by atoms with Crippen LogP contribution >= 0.6 is 22.7 Å². The Morgan fingerprint density at radius 1 is 0.329 bits per heavy atom. The quantitative estimate of drug-likeness (QED) is 0.176. The maximum atomic E-state index is 10.4. The number of nitrogens with zero attached hydrogens (tertiary/aromatic N) is 4. The van der Waals surface area contributed by atoms with Crippen LogP contribution in [0.2, 0.25) is 0 Å². The van der Waals surface area contributed by atoms with Crippen molar-refractivity contribution >= 4 is 151 Å². The van der Waals surface area contributed by atoms with Crippen LogP contribution in [0.4, 0.5) is 0 Å². The summed E-state index contributed by atoms with van der Waals surface area (Å²) < 4.78 is 22.1. The van der Waals surface area contributed by atoms with Crippen molar-refractivity contribution in [1.29, 1.82) is 10.5 Å². The van der Waals surface area contributed by atoms with E-state index in [2.05, 4.69) is 191 Å². The third kappa shape index (κ3) is 6.77. The second-order valence-electron chi connectivity index (χ2n) is 20.9. The van der Waals surface area contributed by atoms with Crippen molar-refractivity contribution in [2.24, 2.45) is 0 Å². The second-order valence-corrected chi connectivity index (χ2v) is 23.0.